The highest BCUT2D eigenvalue weighted by Gasteiger charge is 2.10. The molecule has 3 aromatic rings. The Morgan fingerprint density at radius 1 is 1.29 bits per heavy atom. The zero-order valence-electron chi connectivity index (χ0n) is 11.6. The minimum absolute atomic E-state index is 0.0525. The van der Waals surface area contributed by atoms with Gasteiger partial charge in [0.1, 0.15) is 11.4 Å². The van der Waals surface area contributed by atoms with Crippen LogP contribution < -0.4 is 5.32 Å². The maximum atomic E-state index is 12.0. The largest absolute Gasteiger partial charge is 0.506 e. The molecule has 2 heterocycles. The van der Waals surface area contributed by atoms with Crippen molar-refractivity contribution in [2.75, 3.05) is 5.32 Å². The number of pyridine rings is 1. The van der Waals surface area contributed by atoms with E-state index in [0.717, 1.165) is 11.2 Å². The van der Waals surface area contributed by atoms with Crippen molar-refractivity contribution in [3.05, 3.63) is 60.0 Å². The summed E-state index contributed by atoms with van der Waals surface area (Å²) in [6, 6.07) is 10.6. The molecule has 1 amide bonds. The van der Waals surface area contributed by atoms with Crippen LogP contribution in [0.4, 0.5) is 5.69 Å². The third-order valence-electron chi connectivity index (χ3n) is 3.25. The predicted octanol–water partition coefficient (Wildman–Crippen LogP) is 2.53. The number of para-hydroxylation sites is 2. The molecule has 1 aromatic carbocycles. The Bertz CT molecular complexity index is 808. The van der Waals surface area contributed by atoms with E-state index in [-0.39, 0.29) is 18.1 Å². The molecule has 0 fully saturated rings. The molecular formula is C16H15N3O2. The average Bonchev–Trinajstić information content (AvgIpc) is 2.85. The molecule has 0 bridgehead atoms. The highest BCUT2D eigenvalue weighted by atomic mass is 16.3. The molecule has 0 unspecified atom stereocenters. The van der Waals surface area contributed by atoms with Crippen LogP contribution in [0.25, 0.3) is 5.65 Å². The van der Waals surface area contributed by atoms with Crippen molar-refractivity contribution in [3.63, 3.8) is 0 Å². The lowest BCUT2D eigenvalue weighted by Gasteiger charge is -2.05. The highest BCUT2D eigenvalue weighted by Crippen LogP contribution is 2.21. The summed E-state index contributed by atoms with van der Waals surface area (Å²) < 4.78 is 1.90. The number of fused-ring (bicyclic) bond motifs is 1. The maximum Gasteiger partial charge on any atom is 0.230 e. The predicted molar refractivity (Wildman–Crippen MR) is 80.4 cm³/mol. The van der Waals surface area contributed by atoms with Crippen LogP contribution in [0.3, 0.4) is 0 Å². The highest BCUT2D eigenvalue weighted by molar-refractivity contribution is 5.93. The third kappa shape index (κ3) is 2.72. The number of rotatable bonds is 3. The van der Waals surface area contributed by atoms with Crippen LogP contribution in [0.5, 0.6) is 5.75 Å². The number of phenols is 1. The van der Waals surface area contributed by atoms with Crippen LogP contribution in [-0.4, -0.2) is 20.4 Å². The number of nitrogens with one attached hydrogen (secondary N) is 1. The average molecular weight is 281 g/mol. The van der Waals surface area contributed by atoms with Gasteiger partial charge in [-0.05, 0) is 30.7 Å². The second-order valence-electron chi connectivity index (χ2n) is 4.90. The fourth-order valence-corrected chi connectivity index (χ4v) is 2.23. The Morgan fingerprint density at radius 3 is 2.86 bits per heavy atom. The van der Waals surface area contributed by atoms with Gasteiger partial charge in [-0.15, -0.1) is 0 Å². The van der Waals surface area contributed by atoms with Crippen LogP contribution in [-0.2, 0) is 11.2 Å². The number of amides is 1. The minimum atomic E-state index is -0.211. The molecule has 0 aliphatic rings. The molecule has 3 rings (SSSR count). The van der Waals surface area contributed by atoms with Gasteiger partial charge in [-0.2, -0.15) is 0 Å². The SMILES string of the molecule is Cc1cccn2cc(CC(=O)Nc3ccccc3O)nc12. The van der Waals surface area contributed by atoms with E-state index in [4.69, 9.17) is 0 Å². The van der Waals surface area contributed by atoms with Crippen molar-refractivity contribution < 1.29 is 9.90 Å². The van der Waals surface area contributed by atoms with E-state index < -0.39 is 0 Å². The quantitative estimate of drug-likeness (QED) is 0.725. The van der Waals surface area contributed by atoms with Gasteiger partial charge in [0.05, 0.1) is 17.8 Å². The monoisotopic (exact) mass is 281 g/mol. The number of hydrogen-bond acceptors (Lipinski definition) is 3. The van der Waals surface area contributed by atoms with Crippen molar-refractivity contribution in [1.29, 1.82) is 0 Å². The first-order valence-electron chi connectivity index (χ1n) is 6.64. The molecule has 5 heteroatoms. The van der Waals surface area contributed by atoms with Gasteiger partial charge in [0.15, 0.2) is 0 Å². The number of benzene rings is 1. The molecule has 0 saturated heterocycles. The summed E-state index contributed by atoms with van der Waals surface area (Å²) in [6.07, 6.45) is 3.90. The fraction of sp³-hybridized carbons (Fsp3) is 0.125. The molecule has 2 N–H and O–H groups in total. The van der Waals surface area contributed by atoms with Gasteiger partial charge in [-0.1, -0.05) is 18.2 Å². The molecule has 106 valence electrons. The van der Waals surface area contributed by atoms with Crippen LogP contribution in [0, 0.1) is 6.92 Å². The normalized spacial score (nSPS) is 10.7. The summed E-state index contributed by atoms with van der Waals surface area (Å²) >= 11 is 0. The molecule has 2 aromatic heterocycles. The number of anilines is 1. The van der Waals surface area contributed by atoms with Gasteiger partial charge < -0.3 is 14.8 Å². The first kappa shape index (κ1) is 13.2. The summed E-state index contributed by atoms with van der Waals surface area (Å²) in [5.74, 6) is -0.158. The number of carbonyl (C=O) groups is 1. The zero-order chi connectivity index (χ0) is 14.8. The molecule has 21 heavy (non-hydrogen) atoms. The second kappa shape index (κ2) is 5.28. The molecule has 0 aliphatic heterocycles. The molecule has 0 saturated carbocycles. The lowest BCUT2D eigenvalue weighted by molar-refractivity contribution is -0.115. The summed E-state index contributed by atoms with van der Waals surface area (Å²) in [7, 11) is 0. The number of carbonyl (C=O) groups excluding carboxylic acids is 1. The first-order valence-corrected chi connectivity index (χ1v) is 6.64. The van der Waals surface area contributed by atoms with Crippen molar-refractivity contribution in [2.24, 2.45) is 0 Å². The summed E-state index contributed by atoms with van der Waals surface area (Å²) in [5, 5.41) is 12.3. The number of imidazole rings is 1. The van der Waals surface area contributed by atoms with E-state index in [1.165, 1.54) is 6.07 Å². The van der Waals surface area contributed by atoms with Gasteiger partial charge in [0, 0.05) is 12.4 Å². The standard InChI is InChI=1S/C16H15N3O2/c1-11-5-4-8-19-10-12(17-16(11)19)9-15(21)18-13-6-2-3-7-14(13)20/h2-8,10,20H,9H2,1H3,(H,18,21). The van der Waals surface area contributed by atoms with E-state index >= 15 is 0 Å². The van der Waals surface area contributed by atoms with Gasteiger partial charge in [0.25, 0.3) is 0 Å². The van der Waals surface area contributed by atoms with Crippen molar-refractivity contribution in [3.8, 4) is 5.75 Å². The fourth-order valence-electron chi connectivity index (χ4n) is 2.23. The van der Waals surface area contributed by atoms with Crippen LogP contribution >= 0.6 is 0 Å². The van der Waals surface area contributed by atoms with Crippen molar-refractivity contribution in [2.45, 2.75) is 13.3 Å². The van der Waals surface area contributed by atoms with E-state index in [2.05, 4.69) is 10.3 Å². The van der Waals surface area contributed by atoms with Gasteiger partial charge >= 0.3 is 0 Å². The van der Waals surface area contributed by atoms with Crippen molar-refractivity contribution in [1.82, 2.24) is 9.38 Å². The number of aromatic hydroxyl groups is 1. The van der Waals surface area contributed by atoms with Crippen molar-refractivity contribution >= 4 is 17.2 Å². The number of nitrogens with zero attached hydrogens (tertiary/aromatic N) is 2. The Balaban J connectivity index is 1.77. The molecule has 0 atom stereocenters. The second-order valence-corrected chi connectivity index (χ2v) is 4.90. The smallest absolute Gasteiger partial charge is 0.230 e. The summed E-state index contributed by atoms with van der Waals surface area (Å²) in [6.45, 7) is 1.98. The molecular weight excluding hydrogens is 266 g/mol. The Kier molecular flexibility index (Phi) is 3.31. The van der Waals surface area contributed by atoms with Gasteiger partial charge in [-0.3, -0.25) is 4.79 Å². The Hall–Kier alpha value is -2.82. The van der Waals surface area contributed by atoms with E-state index in [0.29, 0.717) is 11.4 Å². The Labute approximate surface area is 121 Å². The molecule has 0 radical (unpaired) electrons. The Morgan fingerprint density at radius 2 is 2.10 bits per heavy atom. The summed E-state index contributed by atoms with van der Waals surface area (Å²) in [4.78, 5) is 16.5. The molecule has 0 spiro atoms. The van der Waals surface area contributed by atoms with E-state index in [1.807, 2.05) is 35.9 Å². The lowest BCUT2D eigenvalue weighted by Crippen LogP contribution is -2.14. The topological polar surface area (TPSA) is 66.6 Å². The van der Waals surface area contributed by atoms with E-state index in [1.54, 1.807) is 18.2 Å². The number of hydrogen-bond donors (Lipinski definition) is 2. The zero-order valence-corrected chi connectivity index (χ0v) is 11.6. The number of phenolic OH excluding ortho intramolecular Hbond substituents is 1. The van der Waals surface area contributed by atoms with Crippen LogP contribution in [0.1, 0.15) is 11.3 Å². The van der Waals surface area contributed by atoms with Gasteiger partial charge in [-0.25, -0.2) is 4.98 Å². The minimum Gasteiger partial charge on any atom is -0.506 e. The van der Waals surface area contributed by atoms with E-state index in [9.17, 15) is 9.90 Å². The maximum absolute atomic E-state index is 12.0. The lowest BCUT2D eigenvalue weighted by atomic mass is 10.2. The number of aromatic nitrogens is 2. The molecule has 0 aliphatic carbocycles. The van der Waals surface area contributed by atoms with Crippen LogP contribution in [0.2, 0.25) is 0 Å². The third-order valence-corrected chi connectivity index (χ3v) is 3.25. The van der Waals surface area contributed by atoms with Gasteiger partial charge in [0.2, 0.25) is 5.91 Å². The first-order chi connectivity index (χ1) is 10.1. The molecule has 5 nitrogen and oxygen atoms in total. The number of aryl methyl sites for hydroxylation is 1. The van der Waals surface area contributed by atoms with Crippen LogP contribution in [0.15, 0.2) is 48.8 Å². The summed E-state index contributed by atoms with van der Waals surface area (Å²) in [5.41, 5.74) is 3.01.